The maximum Gasteiger partial charge on any atom is 0.246 e. The number of nitrogens with one attached hydrogen (secondary N) is 1. The molecule has 0 saturated carbocycles. The fourth-order valence-corrected chi connectivity index (χ4v) is 6.06. The highest BCUT2D eigenvalue weighted by atomic mass is 32.2. The van der Waals surface area contributed by atoms with Gasteiger partial charge in [0.2, 0.25) is 21.9 Å². The van der Waals surface area contributed by atoms with Crippen LogP contribution in [0.5, 0.6) is 5.88 Å². The molecule has 3 heterocycles. The van der Waals surface area contributed by atoms with Gasteiger partial charge in [0.05, 0.1) is 36.5 Å². The second-order valence-electron chi connectivity index (χ2n) is 11.5. The molecule has 0 aliphatic carbocycles. The lowest BCUT2D eigenvalue weighted by atomic mass is 10.1. The molecule has 1 unspecified atom stereocenters. The first-order valence-electron chi connectivity index (χ1n) is 12.4. The Morgan fingerprint density at radius 2 is 1.86 bits per heavy atom. The molecule has 1 fully saturated rings. The van der Waals surface area contributed by atoms with E-state index in [1.54, 1.807) is 33.0 Å². The maximum atomic E-state index is 13.1. The van der Waals surface area contributed by atoms with Crippen molar-refractivity contribution in [2.45, 2.75) is 70.0 Å². The summed E-state index contributed by atoms with van der Waals surface area (Å²) in [6.45, 7) is 13.8. The van der Waals surface area contributed by atoms with Crippen molar-refractivity contribution in [3.05, 3.63) is 30.5 Å². The summed E-state index contributed by atoms with van der Waals surface area (Å²) >= 11 is 0. The largest absolute Gasteiger partial charge is 0.480 e. The summed E-state index contributed by atoms with van der Waals surface area (Å²) in [7, 11) is -2.46. The number of pyridine rings is 1. The molecule has 4 rings (SSSR count). The van der Waals surface area contributed by atoms with E-state index in [1.165, 1.54) is 7.11 Å². The van der Waals surface area contributed by atoms with Crippen LogP contribution in [0, 0.1) is 0 Å². The van der Waals surface area contributed by atoms with E-state index in [0.717, 1.165) is 36.1 Å². The van der Waals surface area contributed by atoms with E-state index in [4.69, 9.17) is 15.2 Å². The zero-order chi connectivity index (χ0) is 27.2. The van der Waals surface area contributed by atoms with Crippen LogP contribution in [0.1, 0.15) is 54.0 Å². The standard InChI is InChI=1S/C26H38N6O4S/c1-25(2,3)30-37(33,34)22-13-18(14-28-23(22)35-7)17-8-9-20-21(12-17)32(24(27)29-20)19-10-11-31(15-19)16-36-26(4,5)6/h8-9,12-14,19,30H,10-11,15-16H2,1-7H3,(H2,27,29). The number of methoxy groups -OCH3 is 1. The van der Waals surface area contributed by atoms with Crippen LogP contribution in [-0.2, 0) is 14.8 Å². The van der Waals surface area contributed by atoms with E-state index in [9.17, 15) is 8.42 Å². The number of rotatable bonds is 7. The Kier molecular flexibility index (Phi) is 7.28. The number of fused-ring (bicyclic) bond motifs is 1. The summed E-state index contributed by atoms with van der Waals surface area (Å²) in [5.41, 5.74) is 8.65. The van der Waals surface area contributed by atoms with Gasteiger partial charge >= 0.3 is 0 Å². The molecule has 202 valence electrons. The van der Waals surface area contributed by atoms with Crippen molar-refractivity contribution >= 4 is 27.0 Å². The topological polar surface area (TPSA) is 125 Å². The minimum atomic E-state index is -3.87. The number of hydrogen-bond acceptors (Lipinski definition) is 8. The highest BCUT2D eigenvalue weighted by Crippen LogP contribution is 2.34. The Hall–Kier alpha value is -2.73. The van der Waals surface area contributed by atoms with Gasteiger partial charge in [-0.2, -0.15) is 0 Å². The van der Waals surface area contributed by atoms with Crippen molar-refractivity contribution in [2.24, 2.45) is 0 Å². The molecule has 1 aromatic carbocycles. The SMILES string of the molecule is COc1ncc(-c2ccc3nc(N)n(C4CCN(COC(C)(C)C)C4)c3c2)cc1S(=O)(=O)NC(C)(C)C. The Morgan fingerprint density at radius 1 is 1.14 bits per heavy atom. The number of ether oxygens (including phenoxy) is 2. The van der Waals surface area contributed by atoms with Gasteiger partial charge in [-0.1, -0.05) is 6.07 Å². The van der Waals surface area contributed by atoms with Gasteiger partial charge in [-0.25, -0.2) is 23.1 Å². The molecule has 1 aliphatic heterocycles. The molecule has 1 saturated heterocycles. The molecule has 10 nitrogen and oxygen atoms in total. The summed E-state index contributed by atoms with van der Waals surface area (Å²) in [6, 6.07) is 7.54. The lowest BCUT2D eigenvalue weighted by Gasteiger charge is -2.24. The van der Waals surface area contributed by atoms with Gasteiger partial charge in [-0.15, -0.1) is 0 Å². The molecule has 11 heteroatoms. The van der Waals surface area contributed by atoms with Crippen molar-refractivity contribution in [1.82, 2.24) is 24.2 Å². The Labute approximate surface area is 219 Å². The first-order chi connectivity index (χ1) is 17.2. The van der Waals surface area contributed by atoms with Crippen molar-refractivity contribution in [3.63, 3.8) is 0 Å². The van der Waals surface area contributed by atoms with Crippen molar-refractivity contribution in [2.75, 3.05) is 32.7 Å². The lowest BCUT2D eigenvalue weighted by molar-refractivity contribution is -0.0574. The third-order valence-electron chi connectivity index (χ3n) is 6.08. The van der Waals surface area contributed by atoms with Gasteiger partial charge in [-0.3, -0.25) is 4.90 Å². The van der Waals surface area contributed by atoms with Gasteiger partial charge in [0.15, 0.2) is 0 Å². The molecule has 1 aliphatic rings. The summed E-state index contributed by atoms with van der Waals surface area (Å²) in [5.74, 6) is 0.501. The van der Waals surface area contributed by atoms with Crippen LogP contribution in [-0.4, -0.2) is 65.9 Å². The molecule has 0 spiro atoms. The number of anilines is 1. The monoisotopic (exact) mass is 530 g/mol. The molecule has 3 N–H and O–H groups in total. The maximum absolute atomic E-state index is 13.1. The van der Waals surface area contributed by atoms with Crippen LogP contribution in [0.25, 0.3) is 22.2 Å². The number of nitrogen functional groups attached to an aromatic ring is 1. The second-order valence-corrected chi connectivity index (χ2v) is 13.2. The first-order valence-corrected chi connectivity index (χ1v) is 13.9. The zero-order valence-electron chi connectivity index (χ0n) is 22.7. The van der Waals surface area contributed by atoms with E-state index >= 15 is 0 Å². The van der Waals surface area contributed by atoms with Crippen LogP contribution < -0.4 is 15.2 Å². The number of benzene rings is 1. The minimum absolute atomic E-state index is 0.0131. The van der Waals surface area contributed by atoms with E-state index in [2.05, 4.69) is 24.2 Å². The molecule has 0 bridgehead atoms. The number of nitrogens with zero attached hydrogens (tertiary/aromatic N) is 4. The average Bonchev–Trinajstić information content (AvgIpc) is 3.37. The van der Waals surface area contributed by atoms with Crippen LogP contribution in [0.4, 0.5) is 5.95 Å². The van der Waals surface area contributed by atoms with Crippen molar-refractivity contribution in [3.8, 4) is 17.0 Å². The fourth-order valence-electron chi connectivity index (χ4n) is 4.49. The molecule has 37 heavy (non-hydrogen) atoms. The third kappa shape index (κ3) is 6.23. The quantitative estimate of drug-likeness (QED) is 0.473. The number of likely N-dealkylation sites (tertiary alicyclic amines) is 1. The van der Waals surface area contributed by atoms with Crippen molar-refractivity contribution in [1.29, 1.82) is 0 Å². The number of sulfonamides is 1. The number of imidazole rings is 1. The molecular weight excluding hydrogens is 492 g/mol. The molecular formula is C26H38N6O4S. The van der Waals surface area contributed by atoms with E-state index in [-0.39, 0.29) is 22.4 Å². The normalized spacial score (nSPS) is 17.5. The lowest BCUT2D eigenvalue weighted by Crippen LogP contribution is -2.40. The Bertz CT molecular complexity index is 1390. The molecule has 0 amide bonds. The van der Waals surface area contributed by atoms with Crippen LogP contribution in [0.2, 0.25) is 0 Å². The van der Waals surface area contributed by atoms with E-state index in [1.807, 2.05) is 39.0 Å². The van der Waals surface area contributed by atoms with Crippen LogP contribution >= 0.6 is 0 Å². The predicted octanol–water partition coefficient (Wildman–Crippen LogP) is 3.79. The molecule has 0 radical (unpaired) electrons. The van der Waals surface area contributed by atoms with Gasteiger partial charge < -0.3 is 19.8 Å². The second kappa shape index (κ2) is 9.86. The third-order valence-corrected chi connectivity index (χ3v) is 7.84. The number of aromatic nitrogens is 3. The summed E-state index contributed by atoms with van der Waals surface area (Å²) in [6.07, 6.45) is 2.54. The zero-order valence-corrected chi connectivity index (χ0v) is 23.5. The number of nitrogens with two attached hydrogens (primary N) is 1. The van der Waals surface area contributed by atoms with E-state index in [0.29, 0.717) is 18.2 Å². The highest BCUT2D eigenvalue weighted by molar-refractivity contribution is 7.89. The van der Waals surface area contributed by atoms with Gasteiger partial charge in [-0.05, 0) is 71.7 Å². The van der Waals surface area contributed by atoms with Gasteiger partial charge in [0, 0.05) is 30.4 Å². The highest BCUT2D eigenvalue weighted by Gasteiger charge is 2.29. The predicted molar refractivity (Wildman–Crippen MR) is 145 cm³/mol. The Balaban J connectivity index is 1.69. The molecule has 3 aromatic rings. The fraction of sp³-hybridized carbons (Fsp3) is 0.538. The smallest absolute Gasteiger partial charge is 0.246 e. The van der Waals surface area contributed by atoms with Crippen molar-refractivity contribution < 1.29 is 17.9 Å². The number of hydrogen-bond donors (Lipinski definition) is 2. The average molecular weight is 531 g/mol. The van der Waals surface area contributed by atoms with Crippen LogP contribution in [0.15, 0.2) is 35.4 Å². The minimum Gasteiger partial charge on any atom is -0.480 e. The van der Waals surface area contributed by atoms with E-state index < -0.39 is 15.6 Å². The van der Waals surface area contributed by atoms with Gasteiger partial charge in [0.1, 0.15) is 4.90 Å². The van der Waals surface area contributed by atoms with Crippen LogP contribution in [0.3, 0.4) is 0 Å². The summed E-state index contributed by atoms with van der Waals surface area (Å²) in [4.78, 5) is 11.1. The molecule has 1 atom stereocenters. The summed E-state index contributed by atoms with van der Waals surface area (Å²) < 4.78 is 42.2. The summed E-state index contributed by atoms with van der Waals surface area (Å²) in [5, 5.41) is 0. The molecule has 2 aromatic heterocycles. The Morgan fingerprint density at radius 3 is 2.51 bits per heavy atom. The van der Waals surface area contributed by atoms with Gasteiger partial charge in [0.25, 0.3) is 0 Å². The first kappa shape index (κ1) is 27.3.